The molecule has 3 aromatic rings. The third-order valence-corrected chi connectivity index (χ3v) is 5.81. The number of nitro groups is 1. The molecule has 0 radical (unpaired) electrons. The third kappa shape index (κ3) is 5.49. The summed E-state index contributed by atoms with van der Waals surface area (Å²) in [6.07, 6.45) is 1.41. The first kappa shape index (κ1) is 26.4. The van der Waals surface area contributed by atoms with Crippen LogP contribution in [0.2, 0.25) is 0 Å². The normalized spacial score (nSPS) is 13.5. The highest BCUT2D eigenvalue weighted by Crippen LogP contribution is 2.38. The number of esters is 2. The molecule has 1 aliphatic heterocycles. The van der Waals surface area contributed by atoms with Crippen LogP contribution >= 0.6 is 15.9 Å². The minimum Gasteiger partial charge on any atom is -0.493 e. The minimum atomic E-state index is -0.736. The van der Waals surface area contributed by atoms with E-state index in [1.807, 2.05) is 0 Å². The van der Waals surface area contributed by atoms with E-state index in [4.69, 9.17) is 23.7 Å². The van der Waals surface area contributed by atoms with E-state index in [0.717, 1.165) is 0 Å². The Hall–Kier alpha value is -4.71. The van der Waals surface area contributed by atoms with Gasteiger partial charge in [-0.3, -0.25) is 10.1 Å². The Morgan fingerprint density at radius 2 is 1.63 bits per heavy atom. The number of carbonyl (C=O) groups is 2. The van der Waals surface area contributed by atoms with Crippen molar-refractivity contribution in [1.29, 1.82) is 0 Å². The predicted octanol–water partition coefficient (Wildman–Crippen LogP) is 4.95. The minimum absolute atomic E-state index is 0.0119. The maximum Gasteiger partial charge on any atom is 0.363 e. The van der Waals surface area contributed by atoms with Crippen LogP contribution in [0.4, 0.5) is 5.69 Å². The smallest absolute Gasteiger partial charge is 0.363 e. The Balaban J connectivity index is 1.65. The van der Waals surface area contributed by atoms with E-state index >= 15 is 0 Å². The molecule has 0 fully saturated rings. The average Bonchev–Trinajstić information content (AvgIpc) is 3.28. The molecule has 0 saturated heterocycles. The van der Waals surface area contributed by atoms with Crippen molar-refractivity contribution >= 4 is 45.5 Å². The number of hydrogen-bond donors (Lipinski definition) is 0. The molecule has 0 N–H and O–H groups in total. The van der Waals surface area contributed by atoms with Gasteiger partial charge < -0.3 is 23.7 Å². The molecule has 0 spiro atoms. The number of nitro benzene ring substituents is 1. The van der Waals surface area contributed by atoms with Crippen molar-refractivity contribution in [3.8, 4) is 23.0 Å². The Bertz CT molecular complexity index is 1470. The molecular formula is C26H19BrN2O9. The van der Waals surface area contributed by atoms with Crippen LogP contribution in [0, 0.1) is 10.1 Å². The SMILES string of the molecule is COc1cc(C(=O)Oc2ccc(Br)cc2/C=C2/N=C(c3ccc([N+](=O)[O-])cc3)OC2=O)cc(OC)c1OC. The van der Waals surface area contributed by atoms with E-state index in [1.165, 1.54) is 63.8 Å². The second kappa shape index (κ2) is 11.1. The first-order valence-corrected chi connectivity index (χ1v) is 11.6. The number of non-ortho nitro benzene ring substituents is 1. The maximum absolute atomic E-state index is 13.0. The molecule has 1 heterocycles. The van der Waals surface area contributed by atoms with Gasteiger partial charge in [0.2, 0.25) is 11.6 Å². The molecule has 0 aromatic heterocycles. The summed E-state index contributed by atoms with van der Waals surface area (Å²) in [7, 11) is 4.30. The quantitative estimate of drug-likeness (QED) is 0.119. The lowest BCUT2D eigenvalue weighted by Gasteiger charge is -2.14. The van der Waals surface area contributed by atoms with Crippen molar-refractivity contribution in [2.45, 2.75) is 0 Å². The summed E-state index contributed by atoms with van der Waals surface area (Å²) in [5.74, 6) is -0.441. The number of hydrogen-bond acceptors (Lipinski definition) is 10. The highest BCUT2D eigenvalue weighted by atomic mass is 79.9. The third-order valence-electron chi connectivity index (χ3n) is 5.31. The summed E-state index contributed by atoms with van der Waals surface area (Å²) in [6.45, 7) is 0. The van der Waals surface area contributed by atoms with Crippen molar-refractivity contribution in [2.24, 2.45) is 4.99 Å². The largest absolute Gasteiger partial charge is 0.493 e. The second-order valence-electron chi connectivity index (χ2n) is 7.63. The Morgan fingerprint density at radius 1 is 0.974 bits per heavy atom. The standard InChI is InChI=1S/C26H19BrN2O9/c1-34-21-12-16(13-22(35-2)23(21)36-3)25(30)37-20-9-6-17(27)10-15(20)11-19-26(31)38-24(28-19)14-4-7-18(8-5-14)29(32)33/h4-13H,1-3H3/b19-11+. The van der Waals surface area contributed by atoms with E-state index in [0.29, 0.717) is 21.3 Å². The molecule has 0 amide bonds. The van der Waals surface area contributed by atoms with Crippen molar-refractivity contribution < 1.29 is 38.2 Å². The van der Waals surface area contributed by atoms with Crippen molar-refractivity contribution in [3.63, 3.8) is 0 Å². The zero-order valence-corrected chi connectivity index (χ0v) is 21.8. The number of methoxy groups -OCH3 is 3. The van der Waals surface area contributed by atoms with Crippen LogP contribution in [-0.4, -0.2) is 44.1 Å². The van der Waals surface area contributed by atoms with Crippen LogP contribution < -0.4 is 18.9 Å². The first-order chi connectivity index (χ1) is 18.2. The van der Waals surface area contributed by atoms with E-state index in [-0.39, 0.29) is 40.1 Å². The van der Waals surface area contributed by atoms with E-state index in [9.17, 15) is 19.7 Å². The topological polar surface area (TPSA) is 136 Å². The molecule has 0 unspecified atom stereocenters. The molecule has 12 heteroatoms. The van der Waals surface area contributed by atoms with Gasteiger partial charge in [-0.15, -0.1) is 0 Å². The Kier molecular flexibility index (Phi) is 7.72. The van der Waals surface area contributed by atoms with Gasteiger partial charge in [-0.25, -0.2) is 14.6 Å². The van der Waals surface area contributed by atoms with Crippen molar-refractivity contribution in [1.82, 2.24) is 0 Å². The number of rotatable bonds is 8. The summed E-state index contributed by atoms with van der Waals surface area (Å²) in [6, 6.07) is 13.2. The van der Waals surface area contributed by atoms with Crippen LogP contribution in [0.25, 0.3) is 6.08 Å². The molecular weight excluding hydrogens is 564 g/mol. The first-order valence-electron chi connectivity index (χ1n) is 10.8. The zero-order chi connectivity index (χ0) is 27.4. The Labute approximate surface area is 224 Å². The van der Waals surface area contributed by atoms with Gasteiger partial charge in [0, 0.05) is 27.7 Å². The maximum atomic E-state index is 13.0. The summed E-state index contributed by atoms with van der Waals surface area (Å²) in [5.41, 5.74) is 0.722. The zero-order valence-electron chi connectivity index (χ0n) is 20.2. The molecule has 4 rings (SSSR count). The lowest BCUT2D eigenvalue weighted by molar-refractivity contribution is -0.384. The molecule has 11 nitrogen and oxygen atoms in total. The van der Waals surface area contributed by atoms with Gasteiger partial charge in [0.05, 0.1) is 31.8 Å². The van der Waals surface area contributed by atoms with Gasteiger partial charge in [-0.1, -0.05) is 15.9 Å². The highest BCUT2D eigenvalue weighted by Gasteiger charge is 2.26. The molecule has 38 heavy (non-hydrogen) atoms. The van der Waals surface area contributed by atoms with Crippen molar-refractivity contribution in [3.05, 3.63) is 91.6 Å². The van der Waals surface area contributed by atoms with Gasteiger partial charge >= 0.3 is 11.9 Å². The molecule has 0 atom stereocenters. The molecule has 1 aliphatic rings. The predicted molar refractivity (Wildman–Crippen MR) is 139 cm³/mol. The lowest BCUT2D eigenvalue weighted by atomic mass is 10.1. The fourth-order valence-electron chi connectivity index (χ4n) is 3.49. The van der Waals surface area contributed by atoms with Crippen LogP contribution in [0.5, 0.6) is 23.0 Å². The molecule has 194 valence electrons. The molecule has 0 bridgehead atoms. The van der Waals surface area contributed by atoms with Gasteiger partial charge in [0.15, 0.2) is 17.2 Å². The van der Waals surface area contributed by atoms with Crippen LogP contribution in [0.1, 0.15) is 21.5 Å². The summed E-state index contributed by atoms with van der Waals surface area (Å²) >= 11 is 3.37. The van der Waals surface area contributed by atoms with Gasteiger partial charge in [0.25, 0.3) is 5.69 Å². The Morgan fingerprint density at radius 3 is 2.21 bits per heavy atom. The number of nitrogens with zero attached hydrogens (tertiary/aromatic N) is 2. The van der Waals surface area contributed by atoms with Crippen molar-refractivity contribution in [2.75, 3.05) is 21.3 Å². The summed E-state index contributed by atoms with van der Waals surface area (Å²) < 4.78 is 27.4. The average molecular weight is 583 g/mol. The summed E-state index contributed by atoms with van der Waals surface area (Å²) in [5, 5.41) is 10.9. The fourth-order valence-corrected chi connectivity index (χ4v) is 3.87. The van der Waals surface area contributed by atoms with Crippen LogP contribution in [0.15, 0.2) is 69.8 Å². The number of cyclic esters (lactones) is 1. The second-order valence-corrected chi connectivity index (χ2v) is 8.54. The molecule has 0 aliphatic carbocycles. The van der Waals surface area contributed by atoms with Crippen LogP contribution in [0.3, 0.4) is 0 Å². The molecule has 3 aromatic carbocycles. The lowest BCUT2D eigenvalue weighted by Crippen LogP contribution is -2.10. The molecule has 0 saturated carbocycles. The van der Waals surface area contributed by atoms with Gasteiger partial charge in [-0.05, 0) is 48.5 Å². The number of carbonyl (C=O) groups excluding carboxylic acids is 2. The number of benzene rings is 3. The number of halogens is 1. The fraction of sp³-hybridized carbons (Fsp3) is 0.115. The van der Waals surface area contributed by atoms with E-state index in [1.54, 1.807) is 18.2 Å². The highest BCUT2D eigenvalue weighted by molar-refractivity contribution is 9.10. The van der Waals surface area contributed by atoms with Crippen LogP contribution in [-0.2, 0) is 9.53 Å². The summed E-state index contributed by atoms with van der Waals surface area (Å²) in [4.78, 5) is 40.1. The monoisotopic (exact) mass is 582 g/mol. The number of ether oxygens (including phenoxy) is 5. The van der Waals surface area contributed by atoms with E-state index in [2.05, 4.69) is 20.9 Å². The van der Waals surface area contributed by atoms with E-state index < -0.39 is 16.9 Å². The van der Waals surface area contributed by atoms with Gasteiger partial charge in [0.1, 0.15) is 5.75 Å². The number of aliphatic imine (C=N–C) groups is 1. The van der Waals surface area contributed by atoms with Gasteiger partial charge in [-0.2, -0.15) is 0 Å².